The molecule has 0 bridgehead atoms. The molecule has 0 saturated heterocycles. The minimum absolute atomic E-state index is 0.279. The molecule has 2 rings (SSSR count). The van der Waals surface area contributed by atoms with Crippen molar-refractivity contribution in [1.29, 1.82) is 0 Å². The quantitative estimate of drug-likeness (QED) is 0.639. The van der Waals surface area contributed by atoms with Crippen molar-refractivity contribution in [1.82, 2.24) is 0 Å². The molecule has 3 N–H and O–H groups in total. The van der Waals surface area contributed by atoms with Crippen LogP contribution in [0.15, 0.2) is 16.6 Å². The van der Waals surface area contributed by atoms with Gasteiger partial charge in [0.05, 0.1) is 15.8 Å². The van der Waals surface area contributed by atoms with E-state index in [2.05, 4.69) is 21.2 Å². The molecule has 1 aliphatic rings. The topological polar surface area (TPSA) is 38.0 Å². The van der Waals surface area contributed by atoms with Crippen molar-refractivity contribution < 1.29 is 4.39 Å². The number of nitrogen functional groups attached to an aromatic ring is 1. The summed E-state index contributed by atoms with van der Waals surface area (Å²) in [5, 5.41) is 3.18. The van der Waals surface area contributed by atoms with Crippen molar-refractivity contribution >= 4 is 27.3 Å². The van der Waals surface area contributed by atoms with Crippen LogP contribution >= 0.6 is 15.9 Å². The van der Waals surface area contributed by atoms with Crippen molar-refractivity contribution in [3.63, 3.8) is 0 Å². The third-order valence-electron chi connectivity index (χ3n) is 2.89. The molecule has 1 aliphatic carbocycles. The highest BCUT2D eigenvalue weighted by Gasteiger charge is 2.19. The molecular weight excluding hydrogens is 271 g/mol. The Morgan fingerprint density at radius 3 is 2.88 bits per heavy atom. The molecule has 0 atom stereocenters. The van der Waals surface area contributed by atoms with E-state index >= 15 is 0 Å². The number of rotatable bonds is 5. The summed E-state index contributed by atoms with van der Waals surface area (Å²) in [5.74, 6) is 0.666. The van der Waals surface area contributed by atoms with Crippen molar-refractivity contribution in [3.05, 3.63) is 22.4 Å². The summed E-state index contributed by atoms with van der Waals surface area (Å²) in [6.45, 7) is 0.863. The molecule has 0 spiro atoms. The van der Waals surface area contributed by atoms with Crippen LogP contribution in [0.3, 0.4) is 0 Å². The lowest BCUT2D eigenvalue weighted by Gasteiger charge is -2.10. The lowest BCUT2D eigenvalue weighted by molar-refractivity contribution is 0.621. The highest BCUT2D eigenvalue weighted by Crippen LogP contribution is 2.33. The first-order valence-electron chi connectivity index (χ1n) is 5.65. The number of hydrogen-bond acceptors (Lipinski definition) is 2. The minimum atomic E-state index is -0.279. The van der Waals surface area contributed by atoms with E-state index in [-0.39, 0.29) is 5.82 Å². The van der Waals surface area contributed by atoms with Crippen LogP contribution in [0.5, 0.6) is 0 Å². The van der Waals surface area contributed by atoms with Crippen LogP contribution in [0, 0.1) is 11.7 Å². The van der Waals surface area contributed by atoms with Gasteiger partial charge in [0.15, 0.2) is 0 Å². The Kier molecular flexibility index (Phi) is 3.69. The number of hydrogen-bond donors (Lipinski definition) is 2. The zero-order valence-corrected chi connectivity index (χ0v) is 10.7. The number of halogens is 2. The first-order chi connectivity index (χ1) is 7.66. The summed E-state index contributed by atoms with van der Waals surface area (Å²) < 4.78 is 13.7. The normalized spacial score (nSPS) is 15.1. The Labute approximate surface area is 104 Å². The largest absolute Gasteiger partial charge is 0.397 e. The van der Waals surface area contributed by atoms with Gasteiger partial charge >= 0.3 is 0 Å². The standard InChI is InChI=1S/C12H16BrFN2/c13-9-6-11(15)12(7-10(9)14)16-5-1-2-8-3-4-8/h6-8,16H,1-5,15H2. The van der Waals surface area contributed by atoms with Gasteiger partial charge < -0.3 is 11.1 Å². The fourth-order valence-corrected chi connectivity index (χ4v) is 2.10. The van der Waals surface area contributed by atoms with E-state index in [0.29, 0.717) is 15.8 Å². The third-order valence-corrected chi connectivity index (χ3v) is 3.50. The van der Waals surface area contributed by atoms with Crippen molar-refractivity contribution in [3.8, 4) is 0 Å². The average molecular weight is 287 g/mol. The molecule has 16 heavy (non-hydrogen) atoms. The average Bonchev–Trinajstić information content (AvgIpc) is 3.04. The summed E-state index contributed by atoms with van der Waals surface area (Å²) in [5.41, 5.74) is 7.06. The fraction of sp³-hybridized carbons (Fsp3) is 0.500. The Bertz CT molecular complexity index is 378. The van der Waals surface area contributed by atoms with E-state index < -0.39 is 0 Å². The van der Waals surface area contributed by atoms with E-state index in [9.17, 15) is 4.39 Å². The van der Waals surface area contributed by atoms with Crippen LogP contribution in [0.2, 0.25) is 0 Å². The van der Waals surface area contributed by atoms with Crippen LogP contribution in [0.25, 0.3) is 0 Å². The summed E-state index contributed by atoms with van der Waals surface area (Å²) in [6, 6.07) is 3.04. The van der Waals surface area contributed by atoms with Gasteiger partial charge in [0, 0.05) is 12.6 Å². The zero-order chi connectivity index (χ0) is 11.5. The van der Waals surface area contributed by atoms with E-state index in [1.54, 1.807) is 6.07 Å². The van der Waals surface area contributed by atoms with E-state index in [1.807, 2.05) is 0 Å². The van der Waals surface area contributed by atoms with Gasteiger partial charge in [0.1, 0.15) is 5.82 Å². The number of benzene rings is 1. The predicted molar refractivity (Wildman–Crippen MR) is 69.0 cm³/mol. The Balaban J connectivity index is 1.85. The monoisotopic (exact) mass is 286 g/mol. The van der Waals surface area contributed by atoms with Crippen LogP contribution < -0.4 is 11.1 Å². The van der Waals surface area contributed by atoms with Crippen LogP contribution in [-0.4, -0.2) is 6.54 Å². The fourth-order valence-electron chi connectivity index (χ4n) is 1.74. The summed E-state index contributed by atoms with van der Waals surface area (Å²) in [4.78, 5) is 0. The van der Waals surface area contributed by atoms with Gasteiger partial charge in [-0.05, 0) is 40.8 Å². The molecule has 4 heteroatoms. The Morgan fingerprint density at radius 2 is 2.19 bits per heavy atom. The Morgan fingerprint density at radius 1 is 1.44 bits per heavy atom. The smallest absolute Gasteiger partial charge is 0.139 e. The van der Waals surface area contributed by atoms with E-state index in [0.717, 1.165) is 18.9 Å². The SMILES string of the molecule is Nc1cc(Br)c(F)cc1NCCCC1CC1. The van der Waals surface area contributed by atoms with Gasteiger partial charge in [-0.15, -0.1) is 0 Å². The molecule has 1 saturated carbocycles. The lowest BCUT2D eigenvalue weighted by atomic mass is 10.2. The van der Waals surface area contributed by atoms with Crippen LogP contribution in [0.4, 0.5) is 15.8 Å². The van der Waals surface area contributed by atoms with E-state index in [1.165, 1.54) is 25.3 Å². The summed E-state index contributed by atoms with van der Waals surface area (Å²) >= 11 is 3.11. The van der Waals surface area contributed by atoms with Crippen LogP contribution in [0.1, 0.15) is 25.7 Å². The molecule has 0 heterocycles. The van der Waals surface area contributed by atoms with Gasteiger partial charge in [0.2, 0.25) is 0 Å². The van der Waals surface area contributed by atoms with Crippen molar-refractivity contribution in [2.75, 3.05) is 17.6 Å². The molecule has 2 nitrogen and oxygen atoms in total. The molecular formula is C12H16BrFN2. The Hall–Kier alpha value is -0.770. The highest BCUT2D eigenvalue weighted by atomic mass is 79.9. The number of nitrogens with two attached hydrogens (primary N) is 1. The highest BCUT2D eigenvalue weighted by molar-refractivity contribution is 9.10. The third kappa shape index (κ3) is 3.11. The molecule has 88 valence electrons. The molecule has 0 unspecified atom stereocenters. The molecule has 0 radical (unpaired) electrons. The molecule has 1 aromatic rings. The first-order valence-corrected chi connectivity index (χ1v) is 6.44. The molecule has 0 aromatic heterocycles. The lowest BCUT2D eigenvalue weighted by Crippen LogP contribution is -2.05. The number of nitrogens with one attached hydrogen (secondary N) is 1. The second-order valence-electron chi connectivity index (χ2n) is 4.37. The van der Waals surface area contributed by atoms with Gasteiger partial charge in [0.25, 0.3) is 0 Å². The minimum Gasteiger partial charge on any atom is -0.397 e. The second-order valence-corrected chi connectivity index (χ2v) is 5.22. The number of anilines is 2. The molecule has 0 aliphatic heterocycles. The predicted octanol–water partition coefficient (Wildman–Crippen LogP) is 3.77. The van der Waals surface area contributed by atoms with Crippen LogP contribution in [-0.2, 0) is 0 Å². The molecule has 0 amide bonds. The van der Waals surface area contributed by atoms with Crippen molar-refractivity contribution in [2.24, 2.45) is 5.92 Å². The molecule has 1 aromatic carbocycles. The van der Waals surface area contributed by atoms with Crippen molar-refractivity contribution in [2.45, 2.75) is 25.7 Å². The second kappa shape index (κ2) is 5.04. The van der Waals surface area contributed by atoms with Gasteiger partial charge in [-0.1, -0.05) is 12.8 Å². The maximum absolute atomic E-state index is 13.3. The first kappa shape index (κ1) is 11.7. The zero-order valence-electron chi connectivity index (χ0n) is 9.10. The van der Waals surface area contributed by atoms with Gasteiger partial charge in [-0.3, -0.25) is 0 Å². The summed E-state index contributed by atoms with van der Waals surface area (Å²) in [6.07, 6.45) is 5.16. The maximum Gasteiger partial charge on any atom is 0.139 e. The van der Waals surface area contributed by atoms with E-state index in [4.69, 9.17) is 5.73 Å². The van der Waals surface area contributed by atoms with Gasteiger partial charge in [-0.2, -0.15) is 0 Å². The van der Waals surface area contributed by atoms with Gasteiger partial charge in [-0.25, -0.2) is 4.39 Å². The summed E-state index contributed by atoms with van der Waals surface area (Å²) in [7, 11) is 0. The maximum atomic E-state index is 13.3. The molecule has 1 fully saturated rings.